The van der Waals surface area contributed by atoms with Crippen molar-refractivity contribution in [2.24, 2.45) is 0 Å². The molecule has 0 unspecified atom stereocenters. The molecule has 3 N–H and O–H groups in total. The van der Waals surface area contributed by atoms with E-state index in [0.717, 1.165) is 41.3 Å². The van der Waals surface area contributed by atoms with E-state index in [2.05, 4.69) is 26.3 Å². The van der Waals surface area contributed by atoms with Crippen molar-refractivity contribution in [3.05, 3.63) is 65.7 Å². The summed E-state index contributed by atoms with van der Waals surface area (Å²) in [7, 11) is 91.2. The number of H-pyrrole nitrogens is 1. The molecule has 0 saturated heterocycles. The molecule has 0 bridgehead atoms. The fourth-order valence-corrected chi connectivity index (χ4v) is 8.33. The van der Waals surface area contributed by atoms with Gasteiger partial charge in [-0.2, -0.15) is 0 Å². The Kier molecular flexibility index (Phi) is 27.0. The molecule has 0 atom stereocenters. The number of nitrogens with one attached hydrogen (secondary N) is 2. The average Bonchev–Trinajstić information content (AvgIpc) is 3.73. The van der Waals surface area contributed by atoms with E-state index >= 15 is 0 Å². The van der Waals surface area contributed by atoms with Crippen LogP contribution in [-0.2, 0) is 33.7 Å². The quantitative estimate of drug-likeness (QED) is 0.0760. The highest BCUT2D eigenvalue weighted by Gasteiger charge is 2.51. The number of nitrogens with zero attached hydrogens (tertiary/aromatic N) is 2. The van der Waals surface area contributed by atoms with Crippen LogP contribution in [0.1, 0.15) is 31.2 Å². The second-order valence-corrected chi connectivity index (χ2v) is 16.0. The minimum absolute atomic E-state index is 0. The van der Waals surface area contributed by atoms with Gasteiger partial charge in [0, 0.05) is 219 Å². The molecule has 10 nitrogen and oxygen atoms in total. The molecule has 0 fully saturated rings. The van der Waals surface area contributed by atoms with Crippen LogP contribution in [-0.4, -0.2) is 266 Å². The number of carbonyl (C=O) groups is 2. The first-order chi connectivity index (χ1) is 30.7. The van der Waals surface area contributed by atoms with E-state index in [9.17, 15) is 9.59 Å². The summed E-state index contributed by atoms with van der Waals surface area (Å²) in [5, 5.41) is 11.7. The topological polar surface area (TPSA) is 126 Å². The summed E-state index contributed by atoms with van der Waals surface area (Å²) in [6.45, 7) is 4.67. The molecule has 285 valence electrons. The molecule has 1 aromatic heterocycles. The number of fused-ring (bicyclic) bond motifs is 2. The van der Waals surface area contributed by atoms with Crippen molar-refractivity contribution in [2.45, 2.75) is 33.7 Å². The zero-order chi connectivity index (χ0) is 48.5. The van der Waals surface area contributed by atoms with Crippen LogP contribution in [0.25, 0.3) is 0 Å². The number of carbonyl (C=O) groups excluding carboxylic acids is 2. The van der Waals surface area contributed by atoms with E-state index in [1.165, 1.54) is 7.06 Å². The molecular formula is C27H34B29N4O6. The maximum absolute atomic E-state index is 11.3. The lowest BCUT2D eigenvalue weighted by atomic mass is 8.32. The van der Waals surface area contributed by atoms with Crippen LogP contribution in [0.4, 0.5) is 11.4 Å². The van der Waals surface area contributed by atoms with Crippen LogP contribution in [0, 0.1) is 0 Å². The Hall–Kier alpha value is -2.17. The van der Waals surface area contributed by atoms with Gasteiger partial charge in [-0.25, -0.2) is 4.98 Å². The number of aromatic nitrogens is 2. The third kappa shape index (κ3) is 17.7. The van der Waals surface area contributed by atoms with E-state index in [1.54, 1.807) is 31.5 Å². The van der Waals surface area contributed by atoms with E-state index in [1.807, 2.05) is 18.3 Å². The number of aliphatic hydroxyl groups is 1. The summed E-state index contributed by atoms with van der Waals surface area (Å²) in [4.78, 5) is 31.9. The van der Waals surface area contributed by atoms with Crippen LogP contribution in [0.2, 0.25) is 0 Å². The molecule has 39 heteroatoms. The van der Waals surface area contributed by atoms with Crippen LogP contribution in [0.3, 0.4) is 0 Å². The molecule has 31 radical (unpaired) electrons. The predicted molar refractivity (Wildman–Crippen MR) is 307 cm³/mol. The number of hydrogen-bond acceptors (Lipinski definition) is 8. The lowest BCUT2D eigenvalue weighted by molar-refractivity contribution is -0.142. The standard InChI is InChI=1S/C14H17N3O2.C12H13NO4.CH4.B29/c18-5-3-11-1-2-14-13(7-11)17(4-6-19-14)9-12-8-15-10-16-12;1-2-16-12(15)6-8-3-4-10-9(5-8)13-11(14)7-17-10;;1-16-24(17(2)3)28(25(18(4)5)19(6)7)29(26(20(8)9)21(10)11)27(22(12)13)23(14)15/h1-2,7-8,10,18H,3-6,9H2,(H,15,16);3-5H,2,6-7H2,1H3,(H,13,14);1H4;. The molecule has 0 saturated carbocycles. The first-order valence-corrected chi connectivity index (χ1v) is 21.2. The van der Waals surface area contributed by atoms with Gasteiger partial charge in [0.2, 0.25) is 0 Å². The Bertz CT molecular complexity index is 1850. The van der Waals surface area contributed by atoms with Gasteiger partial charge in [0.05, 0.1) is 49.5 Å². The maximum Gasteiger partial charge on any atom is 0.310 e. The minimum atomic E-state index is -1.03. The van der Waals surface area contributed by atoms with Crippen molar-refractivity contribution < 1.29 is 28.9 Å². The van der Waals surface area contributed by atoms with Crippen molar-refractivity contribution >= 4 is 229 Å². The third-order valence-electron chi connectivity index (χ3n) is 11.2. The number of aromatic amines is 1. The fourth-order valence-electron chi connectivity index (χ4n) is 8.33. The summed E-state index contributed by atoms with van der Waals surface area (Å²) in [6.07, 6.45) is -7.47. The molecule has 3 aromatic rings. The second-order valence-electron chi connectivity index (χ2n) is 16.0. The molecule has 1 amide bonds. The van der Waals surface area contributed by atoms with E-state index in [0.29, 0.717) is 31.1 Å². The molecule has 66 heavy (non-hydrogen) atoms. The van der Waals surface area contributed by atoms with Crippen molar-refractivity contribution in [1.82, 2.24) is 9.97 Å². The zero-order valence-electron chi connectivity index (χ0n) is 36.9. The zero-order valence-corrected chi connectivity index (χ0v) is 36.9. The van der Waals surface area contributed by atoms with Gasteiger partial charge in [-0.05, 0) is 48.7 Å². The first-order valence-electron chi connectivity index (χ1n) is 21.2. The number of ether oxygens (including phenoxy) is 3. The van der Waals surface area contributed by atoms with Gasteiger partial charge in [0.25, 0.3) is 5.91 Å². The van der Waals surface area contributed by atoms with Crippen molar-refractivity contribution in [2.75, 3.05) is 43.2 Å². The van der Waals surface area contributed by atoms with Crippen molar-refractivity contribution in [3.8, 4) is 11.5 Å². The number of hydrogen-bond donors (Lipinski definition) is 3. The number of benzene rings is 2. The highest BCUT2D eigenvalue weighted by atomic mass is 16.5. The second kappa shape index (κ2) is 29.8. The Balaban J connectivity index is 0.000000351. The monoisotopic (exact) mass is 830 g/mol. The smallest absolute Gasteiger partial charge is 0.310 e. The highest BCUT2D eigenvalue weighted by molar-refractivity contribution is 8.26. The Morgan fingerprint density at radius 2 is 1.35 bits per heavy atom. The summed E-state index contributed by atoms with van der Waals surface area (Å²) in [5.74, 6) is 1.06. The molecule has 0 spiro atoms. The molecular weight excluding hydrogens is 790 g/mol. The summed E-state index contributed by atoms with van der Waals surface area (Å²) in [5.41, 5.74) is 4.68. The van der Waals surface area contributed by atoms with Crippen LogP contribution < -0.4 is 19.7 Å². The van der Waals surface area contributed by atoms with Gasteiger partial charge in [0.15, 0.2) is 6.61 Å². The minimum Gasteiger partial charge on any atom is -0.490 e. The molecule has 3 heterocycles. The molecule has 2 aliphatic heterocycles. The predicted octanol–water partition coefficient (Wildman–Crippen LogP) is -7.94. The van der Waals surface area contributed by atoms with Gasteiger partial charge in [-0.15, -0.1) is 0 Å². The Labute approximate surface area is 420 Å². The molecule has 0 aliphatic carbocycles. The molecule has 5 rings (SSSR count). The van der Waals surface area contributed by atoms with Crippen LogP contribution >= 0.6 is 0 Å². The van der Waals surface area contributed by atoms with Gasteiger partial charge < -0.3 is 34.5 Å². The number of amides is 1. The summed E-state index contributed by atoms with van der Waals surface area (Å²) in [6, 6.07) is 11.3. The molecule has 2 aromatic carbocycles. The van der Waals surface area contributed by atoms with Gasteiger partial charge in [0.1, 0.15) is 18.1 Å². The van der Waals surface area contributed by atoms with E-state index in [4.69, 9.17) is 135 Å². The van der Waals surface area contributed by atoms with Gasteiger partial charge in [-0.1, -0.05) is 19.6 Å². The van der Waals surface area contributed by atoms with Gasteiger partial charge in [-0.3, -0.25) is 9.59 Å². The summed E-state index contributed by atoms with van der Waals surface area (Å²) >= 11 is 0. The lowest BCUT2D eigenvalue weighted by Crippen LogP contribution is -2.87. The SMILES string of the molecule is C.CCOC(=O)Cc1ccc2c(c1)NC(=O)CO2.OCCc1ccc2c(c1)N(Cc1cnc[nH]1)CCO2.[B][B]B(B([B])[B])B(B(B([B])[B])B([B])[B])B(B(B([B])[B])B([B])[B])B(B([B])[B])B([B])[B]. The summed E-state index contributed by atoms with van der Waals surface area (Å²) < 4.78 is 15.7. The molecule has 2 aliphatic rings. The Morgan fingerprint density at radius 1 is 0.788 bits per heavy atom. The number of imidazole rings is 1. The van der Waals surface area contributed by atoms with E-state index in [-0.39, 0.29) is 38.9 Å². The van der Waals surface area contributed by atoms with E-state index < -0.39 is 83.0 Å². The Morgan fingerprint density at radius 3 is 1.85 bits per heavy atom. The largest absolute Gasteiger partial charge is 0.490 e. The third-order valence-corrected chi connectivity index (χ3v) is 11.2. The lowest BCUT2D eigenvalue weighted by Gasteiger charge is -2.49. The van der Waals surface area contributed by atoms with Crippen LogP contribution in [0.15, 0.2) is 48.9 Å². The normalized spacial score (nSPS) is 11.6. The average molecular weight is 824 g/mol. The number of rotatable bonds is 20. The van der Waals surface area contributed by atoms with Crippen LogP contribution in [0.5, 0.6) is 11.5 Å². The fraction of sp³-hybridized carbons (Fsp3) is 0.370. The first kappa shape index (κ1) is 60.0. The van der Waals surface area contributed by atoms with Crippen molar-refractivity contribution in [3.63, 3.8) is 0 Å². The number of aliphatic hydroxyl groups excluding tert-OH is 1. The maximum atomic E-state index is 11.3. The highest BCUT2D eigenvalue weighted by Crippen LogP contribution is 2.33. The number of esters is 1. The van der Waals surface area contributed by atoms with Crippen molar-refractivity contribution in [1.29, 1.82) is 0 Å². The number of anilines is 2. The van der Waals surface area contributed by atoms with Gasteiger partial charge >= 0.3 is 5.97 Å².